The van der Waals surface area contributed by atoms with E-state index in [1.807, 2.05) is 23.6 Å². The molecule has 4 aromatic rings. The van der Waals surface area contributed by atoms with Gasteiger partial charge in [0.1, 0.15) is 10.7 Å². The Labute approximate surface area is 182 Å². The van der Waals surface area contributed by atoms with Gasteiger partial charge in [0.2, 0.25) is 0 Å². The zero-order valence-corrected chi connectivity index (χ0v) is 17.5. The van der Waals surface area contributed by atoms with Gasteiger partial charge in [0, 0.05) is 35.1 Å². The summed E-state index contributed by atoms with van der Waals surface area (Å²) in [7, 11) is 0. The lowest BCUT2D eigenvalue weighted by molar-refractivity contribution is 0.168. The molecule has 0 saturated heterocycles. The minimum absolute atomic E-state index is 0.224. The molecule has 0 radical (unpaired) electrons. The molecule has 4 rings (SSSR count). The van der Waals surface area contributed by atoms with Crippen LogP contribution in [-0.2, 0) is 11.3 Å². The normalized spacial score (nSPS) is 10.6. The number of hydrogen-bond donors (Lipinski definition) is 1. The van der Waals surface area contributed by atoms with Crippen LogP contribution in [0.2, 0.25) is 0 Å². The predicted octanol–water partition coefficient (Wildman–Crippen LogP) is 4.05. The molecule has 0 saturated carbocycles. The highest BCUT2D eigenvalue weighted by Gasteiger charge is 2.10. The van der Waals surface area contributed by atoms with Crippen LogP contribution in [0, 0.1) is 0 Å². The Morgan fingerprint density at radius 1 is 1.13 bits per heavy atom. The Bertz CT molecular complexity index is 1250. The summed E-state index contributed by atoms with van der Waals surface area (Å²) < 4.78 is 6.28. The maximum atomic E-state index is 12.4. The van der Waals surface area contributed by atoms with Crippen molar-refractivity contribution < 1.29 is 9.53 Å². The first-order valence-corrected chi connectivity index (χ1v) is 10.5. The molecule has 9 heteroatoms. The van der Waals surface area contributed by atoms with Crippen molar-refractivity contribution in [1.82, 2.24) is 19.7 Å². The Balaban J connectivity index is 1.56. The molecule has 3 aromatic heterocycles. The summed E-state index contributed by atoms with van der Waals surface area (Å²) in [6, 6.07) is 14.1. The number of rotatable bonds is 6. The van der Waals surface area contributed by atoms with Gasteiger partial charge < -0.3 is 4.74 Å². The largest absolute Gasteiger partial charge is 0.450 e. The summed E-state index contributed by atoms with van der Waals surface area (Å²) in [4.78, 5) is 32.7. The molecule has 3 heterocycles. The molecule has 0 aliphatic carbocycles. The van der Waals surface area contributed by atoms with Crippen LogP contribution in [0.15, 0.2) is 71.1 Å². The SMILES string of the molecule is CCOC(=O)Nc1cccc(Cn2nc(-c3nc(-c4ccncc4)cs3)ccc2=O)c1. The highest BCUT2D eigenvalue weighted by molar-refractivity contribution is 7.13. The summed E-state index contributed by atoms with van der Waals surface area (Å²) in [5.74, 6) is 0. The van der Waals surface area contributed by atoms with Crippen molar-refractivity contribution in [3.63, 3.8) is 0 Å². The number of hydrogen-bond acceptors (Lipinski definition) is 7. The van der Waals surface area contributed by atoms with Gasteiger partial charge in [-0.3, -0.25) is 15.1 Å². The second-order valence-corrected chi connectivity index (χ2v) is 7.39. The zero-order valence-electron chi connectivity index (χ0n) is 16.7. The van der Waals surface area contributed by atoms with Crippen LogP contribution in [-0.4, -0.2) is 32.4 Å². The van der Waals surface area contributed by atoms with Crippen LogP contribution in [0.3, 0.4) is 0 Å². The third kappa shape index (κ3) is 5.01. The number of amides is 1. The minimum Gasteiger partial charge on any atom is -0.450 e. The lowest BCUT2D eigenvalue weighted by Crippen LogP contribution is -2.23. The number of thiazole rings is 1. The van der Waals surface area contributed by atoms with E-state index < -0.39 is 6.09 Å². The number of ether oxygens (including phenoxy) is 1. The van der Waals surface area contributed by atoms with E-state index in [4.69, 9.17) is 4.74 Å². The fraction of sp³-hybridized carbons (Fsp3) is 0.136. The van der Waals surface area contributed by atoms with Crippen molar-refractivity contribution in [1.29, 1.82) is 0 Å². The molecule has 1 aromatic carbocycles. The molecule has 31 heavy (non-hydrogen) atoms. The Kier molecular flexibility index (Phi) is 6.13. The van der Waals surface area contributed by atoms with E-state index in [1.165, 1.54) is 22.1 Å². The smallest absolute Gasteiger partial charge is 0.411 e. The molecule has 0 atom stereocenters. The second-order valence-electron chi connectivity index (χ2n) is 6.53. The standard InChI is InChI=1S/C22H19N5O3S/c1-2-30-22(29)24-17-5-3-4-15(12-17)13-27-20(28)7-6-18(26-27)21-25-19(14-31-21)16-8-10-23-11-9-16/h3-12,14H,2,13H2,1H3,(H,24,29). The highest BCUT2D eigenvalue weighted by atomic mass is 32.1. The summed E-state index contributed by atoms with van der Waals surface area (Å²) in [6.07, 6.45) is 2.92. The zero-order chi connectivity index (χ0) is 21.6. The van der Waals surface area contributed by atoms with Gasteiger partial charge in [-0.05, 0) is 42.8 Å². The van der Waals surface area contributed by atoms with E-state index in [2.05, 4.69) is 20.4 Å². The third-order valence-electron chi connectivity index (χ3n) is 4.35. The molecule has 0 unspecified atom stereocenters. The Morgan fingerprint density at radius 3 is 2.77 bits per heavy atom. The molecule has 1 N–H and O–H groups in total. The molecule has 8 nitrogen and oxygen atoms in total. The quantitative estimate of drug-likeness (QED) is 0.493. The van der Waals surface area contributed by atoms with Crippen molar-refractivity contribution in [2.45, 2.75) is 13.5 Å². The molecule has 0 bridgehead atoms. The van der Waals surface area contributed by atoms with Gasteiger partial charge in [0.25, 0.3) is 5.56 Å². The van der Waals surface area contributed by atoms with E-state index in [0.29, 0.717) is 11.4 Å². The van der Waals surface area contributed by atoms with Gasteiger partial charge in [-0.15, -0.1) is 11.3 Å². The summed E-state index contributed by atoms with van der Waals surface area (Å²) in [5, 5.41) is 9.82. The van der Waals surface area contributed by atoms with Crippen molar-refractivity contribution in [3.05, 3.63) is 82.2 Å². The van der Waals surface area contributed by atoms with Crippen LogP contribution < -0.4 is 10.9 Å². The molecular formula is C22H19N5O3S. The van der Waals surface area contributed by atoms with Gasteiger partial charge in [-0.1, -0.05) is 12.1 Å². The number of nitrogens with zero attached hydrogens (tertiary/aromatic N) is 4. The first kappa shape index (κ1) is 20.4. The molecule has 1 amide bonds. The van der Waals surface area contributed by atoms with Crippen LogP contribution in [0.25, 0.3) is 22.0 Å². The van der Waals surface area contributed by atoms with E-state index in [9.17, 15) is 9.59 Å². The van der Waals surface area contributed by atoms with Gasteiger partial charge >= 0.3 is 6.09 Å². The maximum Gasteiger partial charge on any atom is 0.411 e. The van der Waals surface area contributed by atoms with Crippen LogP contribution in [0.4, 0.5) is 10.5 Å². The fourth-order valence-corrected chi connectivity index (χ4v) is 3.72. The number of pyridine rings is 1. The Hall–Kier alpha value is -3.85. The molecular weight excluding hydrogens is 414 g/mol. The van der Waals surface area contributed by atoms with Gasteiger partial charge in [-0.2, -0.15) is 5.10 Å². The van der Waals surface area contributed by atoms with Crippen molar-refractivity contribution in [2.75, 3.05) is 11.9 Å². The number of carbonyl (C=O) groups is 1. The fourth-order valence-electron chi connectivity index (χ4n) is 2.93. The number of nitrogens with one attached hydrogen (secondary N) is 1. The Morgan fingerprint density at radius 2 is 1.97 bits per heavy atom. The van der Waals surface area contributed by atoms with Gasteiger partial charge in [-0.25, -0.2) is 14.5 Å². The van der Waals surface area contributed by atoms with Crippen molar-refractivity contribution in [3.8, 4) is 22.0 Å². The average Bonchev–Trinajstić information content (AvgIpc) is 3.27. The highest BCUT2D eigenvalue weighted by Crippen LogP contribution is 2.27. The second kappa shape index (κ2) is 9.31. The van der Waals surface area contributed by atoms with Gasteiger partial charge in [0.05, 0.1) is 18.8 Å². The van der Waals surface area contributed by atoms with E-state index >= 15 is 0 Å². The number of anilines is 1. The topological polar surface area (TPSA) is 99.0 Å². The lowest BCUT2D eigenvalue weighted by atomic mass is 10.2. The molecule has 156 valence electrons. The average molecular weight is 433 g/mol. The summed E-state index contributed by atoms with van der Waals surface area (Å²) in [5.41, 5.74) is 3.60. The molecule has 0 spiro atoms. The lowest BCUT2D eigenvalue weighted by Gasteiger charge is -2.09. The predicted molar refractivity (Wildman–Crippen MR) is 119 cm³/mol. The number of carbonyl (C=O) groups excluding carboxylic acids is 1. The molecule has 0 aliphatic heterocycles. The number of aromatic nitrogens is 4. The molecule has 0 fully saturated rings. The van der Waals surface area contributed by atoms with Gasteiger partial charge in [0.15, 0.2) is 0 Å². The maximum absolute atomic E-state index is 12.4. The summed E-state index contributed by atoms with van der Waals surface area (Å²) >= 11 is 1.46. The third-order valence-corrected chi connectivity index (χ3v) is 5.21. The first-order chi connectivity index (χ1) is 15.1. The minimum atomic E-state index is -0.522. The van der Waals surface area contributed by atoms with Crippen molar-refractivity contribution in [2.24, 2.45) is 0 Å². The van der Waals surface area contributed by atoms with E-state index in [0.717, 1.165) is 21.8 Å². The summed E-state index contributed by atoms with van der Waals surface area (Å²) in [6.45, 7) is 2.29. The molecule has 0 aliphatic rings. The van der Waals surface area contributed by atoms with Crippen LogP contribution in [0.5, 0.6) is 0 Å². The van der Waals surface area contributed by atoms with E-state index in [-0.39, 0.29) is 18.7 Å². The number of benzene rings is 1. The van der Waals surface area contributed by atoms with Crippen LogP contribution in [0.1, 0.15) is 12.5 Å². The van der Waals surface area contributed by atoms with E-state index in [1.54, 1.807) is 43.6 Å². The van der Waals surface area contributed by atoms with Crippen molar-refractivity contribution >= 4 is 23.1 Å². The monoisotopic (exact) mass is 433 g/mol. The van der Waals surface area contributed by atoms with Crippen LogP contribution >= 0.6 is 11.3 Å². The first-order valence-electron chi connectivity index (χ1n) is 9.59.